The Morgan fingerprint density at radius 3 is 2.61 bits per heavy atom. The number of nitrogens with zero attached hydrogens (tertiary/aromatic N) is 3. The van der Waals surface area contributed by atoms with E-state index in [-0.39, 0.29) is 7.21 Å². The Labute approximate surface area is 186 Å². The van der Waals surface area contributed by atoms with Gasteiger partial charge < -0.3 is 4.90 Å². The van der Waals surface area contributed by atoms with Crippen LogP contribution in [-0.2, 0) is 6.42 Å². The van der Waals surface area contributed by atoms with Gasteiger partial charge in [-0.25, -0.2) is 4.98 Å². The third kappa shape index (κ3) is 4.68. The molecule has 3 heterocycles. The number of piperidine rings is 1. The van der Waals surface area contributed by atoms with Crippen molar-refractivity contribution in [3.8, 4) is 0 Å². The number of carbonyl (C=O) groups is 1. The molecule has 4 nitrogen and oxygen atoms in total. The molecule has 1 unspecified atom stereocenters. The topological polar surface area (TPSA) is 46.1 Å². The van der Waals surface area contributed by atoms with E-state index in [0.717, 1.165) is 37.4 Å². The van der Waals surface area contributed by atoms with Crippen molar-refractivity contribution in [2.24, 2.45) is 5.92 Å². The number of rotatable bonds is 5. The first-order valence-electron chi connectivity index (χ1n) is 11.2. The zero-order chi connectivity index (χ0) is 22.0. The van der Waals surface area contributed by atoms with E-state index in [0.29, 0.717) is 17.2 Å². The Balaban J connectivity index is 0.00000289. The standard InChI is InChI=1S/C27H31N3O.H2/c1-18-14-19(2)24(20(3)15-18)16-22-8-7-13-30(17-22)26-11-5-10-25(29-26)27(31)23-9-6-12-28-21(23)4;/h5-6,9-12,14-15,22H,7-8,13,16-17H2,1-4H3;1H. The van der Waals surface area contributed by atoms with Gasteiger partial charge in [0, 0.05) is 32.0 Å². The summed E-state index contributed by atoms with van der Waals surface area (Å²) in [6.45, 7) is 10.4. The third-order valence-corrected chi connectivity index (χ3v) is 6.39. The molecule has 0 bridgehead atoms. The highest BCUT2D eigenvalue weighted by Crippen LogP contribution is 2.28. The lowest BCUT2D eigenvalue weighted by Crippen LogP contribution is -2.37. The Bertz CT molecular complexity index is 1090. The van der Waals surface area contributed by atoms with Gasteiger partial charge in [0.25, 0.3) is 0 Å². The lowest BCUT2D eigenvalue weighted by molar-refractivity contribution is 0.103. The minimum Gasteiger partial charge on any atom is -0.356 e. The highest BCUT2D eigenvalue weighted by atomic mass is 16.1. The van der Waals surface area contributed by atoms with Crippen LogP contribution in [-0.4, -0.2) is 28.8 Å². The summed E-state index contributed by atoms with van der Waals surface area (Å²) in [7, 11) is 0. The van der Waals surface area contributed by atoms with Crippen molar-refractivity contribution in [1.82, 2.24) is 9.97 Å². The van der Waals surface area contributed by atoms with Crippen LogP contribution in [0.1, 0.15) is 58.3 Å². The van der Waals surface area contributed by atoms with Crippen molar-refractivity contribution < 1.29 is 6.22 Å². The maximum absolute atomic E-state index is 13.0. The lowest BCUT2D eigenvalue weighted by atomic mass is 9.87. The molecule has 1 aromatic carbocycles. The molecule has 1 aliphatic rings. The van der Waals surface area contributed by atoms with Gasteiger partial charge in [0.2, 0.25) is 5.78 Å². The summed E-state index contributed by atoms with van der Waals surface area (Å²) in [5.74, 6) is 1.43. The maximum atomic E-state index is 13.0. The SMILES string of the molecule is Cc1cc(C)c(CC2CCCN(c3cccc(C(=O)c4cccnc4C)n3)C2)c(C)c1.[HH]. The normalized spacial score (nSPS) is 16.4. The molecule has 0 spiro atoms. The Morgan fingerprint density at radius 1 is 1.10 bits per heavy atom. The Hall–Kier alpha value is -3.01. The van der Waals surface area contributed by atoms with E-state index in [2.05, 4.69) is 42.8 Å². The second-order valence-electron chi connectivity index (χ2n) is 8.88. The lowest BCUT2D eigenvalue weighted by Gasteiger charge is -2.34. The molecule has 0 radical (unpaired) electrons. The number of aromatic nitrogens is 2. The fourth-order valence-corrected chi connectivity index (χ4v) is 4.85. The quantitative estimate of drug-likeness (QED) is 0.506. The van der Waals surface area contributed by atoms with E-state index >= 15 is 0 Å². The molecule has 1 saturated heterocycles. The van der Waals surface area contributed by atoms with Gasteiger partial charge in [-0.2, -0.15) is 0 Å². The average Bonchev–Trinajstić information content (AvgIpc) is 2.76. The molecule has 2 aromatic heterocycles. The van der Waals surface area contributed by atoms with Crippen molar-refractivity contribution in [3.05, 3.63) is 87.9 Å². The van der Waals surface area contributed by atoms with Crippen LogP contribution in [0.25, 0.3) is 0 Å². The number of benzene rings is 1. The smallest absolute Gasteiger partial charge is 0.213 e. The predicted octanol–water partition coefficient (Wildman–Crippen LogP) is 5.65. The fraction of sp³-hybridized carbons (Fsp3) is 0.370. The van der Waals surface area contributed by atoms with E-state index < -0.39 is 0 Å². The molecule has 3 aromatic rings. The summed E-state index contributed by atoms with van der Waals surface area (Å²) < 4.78 is 0. The molecular formula is C27H33N3O. The van der Waals surface area contributed by atoms with Crippen LogP contribution >= 0.6 is 0 Å². The number of anilines is 1. The first kappa shape index (κ1) is 21.2. The number of carbonyl (C=O) groups excluding carboxylic acids is 1. The van der Waals surface area contributed by atoms with Crippen LogP contribution in [0.3, 0.4) is 0 Å². The zero-order valence-electron chi connectivity index (χ0n) is 19.0. The summed E-state index contributed by atoms with van der Waals surface area (Å²) in [6, 6.07) is 14.0. The van der Waals surface area contributed by atoms with Gasteiger partial charge >= 0.3 is 0 Å². The van der Waals surface area contributed by atoms with Gasteiger partial charge in [0.05, 0.1) is 0 Å². The second kappa shape index (κ2) is 9.01. The minimum atomic E-state index is -0.0630. The maximum Gasteiger partial charge on any atom is 0.213 e. The van der Waals surface area contributed by atoms with Crippen LogP contribution in [0.4, 0.5) is 5.82 Å². The third-order valence-electron chi connectivity index (χ3n) is 6.39. The van der Waals surface area contributed by atoms with E-state index in [9.17, 15) is 4.79 Å². The Kier molecular flexibility index (Phi) is 6.17. The summed E-state index contributed by atoms with van der Waals surface area (Å²) in [5, 5.41) is 0. The predicted molar refractivity (Wildman–Crippen MR) is 128 cm³/mol. The highest BCUT2D eigenvalue weighted by molar-refractivity contribution is 6.08. The Morgan fingerprint density at radius 2 is 1.87 bits per heavy atom. The van der Waals surface area contributed by atoms with Crippen LogP contribution in [0, 0.1) is 33.6 Å². The van der Waals surface area contributed by atoms with Crippen molar-refractivity contribution in [2.45, 2.75) is 47.0 Å². The van der Waals surface area contributed by atoms with Crippen LogP contribution in [0.5, 0.6) is 0 Å². The molecule has 1 atom stereocenters. The molecule has 162 valence electrons. The summed E-state index contributed by atoms with van der Waals surface area (Å²) >= 11 is 0. The van der Waals surface area contributed by atoms with Crippen LogP contribution in [0.15, 0.2) is 48.7 Å². The highest BCUT2D eigenvalue weighted by Gasteiger charge is 2.23. The monoisotopic (exact) mass is 415 g/mol. The van der Waals surface area contributed by atoms with Gasteiger partial charge in [0.1, 0.15) is 11.5 Å². The van der Waals surface area contributed by atoms with Crippen molar-refractivity contribution in [3.63, 3.8) is 0 Å². The van der Waals surface area contributed by atoms with E-state index in [4.69, 9.17) is 4.98 Å². The van der Waals surface area contributed by atoms with Crippen molar-refractivity contribution >= 4 is 11.6 Å². The molecule has 31 heavy (non-hydrogen) atoms. The summed E-state index contributed by atoms with van der Waals surface area (Å²) in [5.41, 5.74) is 7.45. The van der Waals surface area contributed by atoms with Crippen LogP contribution in [0.2, 0.25) is 0 Å². The molecule has 1 fully saturated rings. The fourth-order valence-electron chi connectivity index (χ4n) is 4.85. The van der Waals surface area contributed by atoms with E-state index in [1.54, 1.807) is 18.3 Å². The van der Waals surface area contributed by atoms with Gasteiger partial charge in [-0.3, -0.25) is 9.78 Å². The van der Waals surface area contributed by atoms with E-state index in [1.807, 2.05) is 25.1 Å². The zero-order valence-corrected chi connectivity index (χ0v) is 19.0. The van der Waals surface area contributed by atoms with Gasteiger partial charge in [-0.15, -0.1) is 0 Å². The van der Waals surface area contributed by atoms with Crippen LogP contribution < -0.4 is 4.90 Å². The summed E-state index contributed by atoms with van der Waals surface area (Å²) in [4.78, 5) is 24.3. The molecular weight excluding hydrogens is 382 g/mol. The first-order chi connectivity index (χ1) is 14.9. The van der Waals surface area contributed by atoms with Crippen molar-refractivity contribution in [2.75, 3.05) is 18.0 Å². The van der Waals surface area contributed by atoms with Gasteiger partial charge in [-0.1, -0.05) is 23.8 Å². The van der Waals surface area contributed by atoms with E-state index in [1.165, 1.54) is 28.7 Å². The first-order valence-corrected chi connectivity index (χ1v) is 11.2. The molecule has 0 N–H and O–H groups in total. The molecule has 0 aliphatic carbocycles. The number of aryl methyl sites for hydroxylation is 4. The molecule has 0 amide bonds. The molecule has 1 aliphatic heterocycles. The second-order valence-corrected chi connectivity index (χ2v) is 8.88. The molecule has 4 rings (SSSR count). The van der Waals surface area contributed by atoms with Crippen molar-refractivity contribution in [1.29, 1.82) is 0 Å². The minimum absolute atomic E-state index is 0. The number of ketones is 1. The number of hydrogen-bond donors (Lipinski definition) is 0. The summed E-state index contributed by atoms with van der Waals surface area (Å²) in [6.07, 6.45) is 5.19. The number of hydrogen-bond acceptors (Lipinski definition) is 4. The van der Waals surface area contributed by atoms with Gasteiger partial charge in [-0.05, 0) is 93.8 Å². The molecule has 0 saturated carbocycles. The average molecular weight is 416 g/mol. The largest absolute Gasteiger partial charge is 0.356 e. The number of pyridine rings is 2. The molecule has 4 heteroatoms. The van der Waals surface area contributed by atoms with Gasteiger partial charge in [0.15, 0.2) is 0 Å².